The molecule has 1 atom stereocenters. The summed E-state index contributed by atoms with van der Waals surface area (Å²) < 4.78 is 13.1. The number of aromatic nitrogens is 1. The first-order valence-corrected chi connectivity index (χ1v) is 9.15. The summed E-state index contributed by atoms with van der Waals surface area (Å²) in [5.41, 5.74) is 2.16. The average molecular weight is 364 g/mol. The van der Waals surface area contributed by atoms with Gasteiger partial charge in [0.05, 0.1) is 16.7 Å². The van der Waals surface area contributed by atoms with Gasteiger partial charge >= 0.3 is 0 Å². The third-order valence-electron chi connectivity index (χ3n) is 3.90. The number of benzene rings is 1. The highest BCUT2D eigenvalue weighted by Crippen LogP contribution is 2.17. The van der Waals surface area contributed by atoms with E-state index in [9.17, 15) is 4.39 Å². The molecular formula is C18H26FN5S. The van der Waals surface area contributed by atoms with E-state index < -0.39 is 0 Å². The quantitative estimate of drug-likeness (QED) is 0.586. The Labute approximate surface area is 153 Å². The molecular weight excluding hydrogens is 337 g/mol. The summed E-state index contributed by atoms with van der Waals surface area (Å²) in [6.45, 7) is 3.46. The number of thiazole rings is 1. The number of hydrogen-bond acceptors (Lipinski definition) is 4. The van der Waals surface area contributed by atoms with E-state index in [1.54, 1.807) is 18.4 Å². The van der Waals surface area contributed by atoms with E-state index in [0.717, 1.165) is 35.2 Å². The molecule has 136 valence electrons. The van der Waals surface area contributed by atoms with Gasteiger partial charge in [0.25, 0.3) is 0 Å². The van der Waals surface area contributed by atoms with Crippen molar-refractivity contribution in [3.63, 3.8) is 0 Å². The summed E-state index contributed by atoms with van der Waals surface area (Å²) in [5, 5.41) is 9.82. The molecule has 0 spiro atoms. The van der Waals surface area contributed by atoms with Gasteiger partial charge in [-0.2, -0.15) is 0 Å². The zero-order chi connectivity index (χ0) is 18.2. The number of aryl methyl sites for hydroxylation is 1. The van der Waals surface area contributed by atoms with Gasteiger partial charge in [0.2, 0.25) is 0 Å². The minimum Gasteiger partial charge on any atom is -0.356 e. The van der Waals surface area contributed by atoms with E-state index in [4.69, 9.17) is 0 Å². The zero-order valence-corrected chi connectivity index (χ0v) is 16.0. The number of hydrogen-bond donors (Lipinski definition) is 2. The molecule has 0 bridgehead atoms. The Morgan fingerprint density at radius 3 is 2.56 bits per heavy atom. The lowest BCUT2D eigenvalue weighted by atomic mass is 10.1. The van der Waals surface area contributed by atoms with Gasteiger partial charge in [-0.05, 0) is 38.7 Å². The van der Waals surface area contributed by atoms with E-state index in [0.29, 0.717) is 6.54 Å². The van der Waals surface area contributed by atoms with Crippen LogP contribution in [0.15, 0.2) is 34.6 Å². The van der Waals surface area contributed by atoms with Crippen molar-refractivity contribution in [3.8, 4) is 0 Å². The Balaban J connectivity index is 1.85. The highest BCUT2D eigenvalue weighted by atomic mass is 32.1. The minimum absolute atomic E-state index is 0.125. The van der Waals surface area contributed by atoms with Crippen LogP contribution >= 0.6 is 11.3 Å². The first-order chi connectivity index (χ1) is 12.0. The number of halogens is 1. The fraction of sp³-hybridized carbons (Fsp3) is 0.444. The molecule has 1 aromatic carbocycles. The molecule has 2 rings (SSSR count). The van der Waals surface area contributed by atoms with Crippen molar-refractivity contribution in [2.24, 2.45) is 4.99 Å². The molecule has 2 N–H and O–H groups in total. The average Bonchev–Trinajstić information content (AvgIpc) is 3.00. The van der Waals surface area contributed by atoms with E-state index in [1.165, 1.54) is 12.1 Å². The molecule has 0 aliphatic rings. The molecule has 0 fully saturated rings. The second-order valence-corrected chi connectivity index (χ2v) is 7.08. The number of nitrogens with one attached hydrogen (secondary N) is 2. The van der Waals surface area contributed by atoms with Crippen molar-refractivity contribution in [1.29, 1.82) is 0 Å². The first kappa shape index (κ1) is 19.3. The molecule has 25 heavy (non-hydrogen) atoms. The molecule has 0 saturated carbocycles. The number of guanidine groups is 1. The van der Waals surface area contributed by atoms with Gasteiger partial charge in [-0.1, -0.05) is 12.1 Å². The van der Waals surface area contributed by atoms with Crippen molar-refractivity contribution in [2.75, 3.05) is 34.2 Å². The third kappa shape index (κ3) is 6.10. The van der Waals surface area contributed by atoms with Gasteiger partial charge in [0.1, 0.15) is 5.82 Å². The van der Waals surface area contributed by atoms with Crippen molar-refractivity contribution < 1.29 is 4.39 Å². The number of likely N-dealkylation sites (N-methyl/N-ethyl adjacent to an activating group) is 1. The fourth-order valence-corrected chi connectivity index (χ4v) is 3.18. The minimum atomic E-state index is -0.219. The van der Waals surface area contributed by atoms with Gasteiger partial charge in [0.15, 0.2) is 5.96 Å². The van der Waals surface area contributed by atoms with E-state index in [-0.39, 0.29) is 11.9 Å². The summed E-state index contributed by atoms with van der Waals surface area (Å²) in [4.78, 5) is 10.8. The zero-order valence-electron chi connectivity index (χ0n) is 15.2. The number of nitrogens with zero attached hydrogens (tertiary/aromatic N) is 3. The molecule has 0 saturated heterocycles. The molecule has 1 unspecified atom stereocenters. The summed E-state index contributed by atoms with van der Waals surface area (Å²) >= 11 is 1.67. The van der Waals surface area contributed by atoms with Gasteiger partial charge in [-0.3, -0.25) is 4.99 Å². The molecule has 0 amide bonds. The maximum Gasteiger partial charge on any atom is 0.191 e. The van der Waals surface area contributed by atoms with Gasteiger partial charge in [-0.15, -0.1) is 11.3 Å². The summed E-state index contributed by atoms with van der Waals surface area (Å²) in [6.07, 6.45) is 0.861. The number of aliphatic imine (C=N–C) groups is 1. The Kier molecular flexibility index (Phi) is 7.33. The van der Waals surface area contributed by atoms with Gasteiger partial charge in [-0.25, -0.2) is 9.37 Å². The Hall–Kier alpha value is -1.99. The lowest BCUT2D eigenvalue weighted by molar-refractivity contribution is 0.298. The molecule has 0 radical (unpaired) electrons. The van der Waals surface area contributed by atoms with Crippen LogP contribution in [-0.4, -0.2) is 50.1 Å². The molecule has 7 heteroatoms. The summed E-state index contributed by atoms with van der Waals surface area (Å²) in [7, 11) is 5.78. The van der Waals surface area contributed by atoms with Crippen molar-refractivity contribution in [3.05, 3.63) is 51.7 Å². The topological polar surface area (TPSA) is 52.6 Å². The standard InChI is InChI=1S/C18H26FN5S/c1-13-23-16(12-25-13)9-10-21-18(20-2)22-11-17(24(3)4)14-5-7-15(19)8-6-14/h5-8,12,17H,9-11H2,1-4H3,(H2,20,21,22). The first-order valence-electron chi connectivity index (χ1n) is 8.27. The third-order valence-corrected chi connectivity index (χ3v) is 4.73. The van der Waals surface area contributed by atoms with Crippen LogP contribution in [0.1, 0.15) is 22.3 Å². The number of rotatable bonds is 7. The highest BCUT2D eigenvalue weighted by Gasteiger charge is 2.14. The van der Waals surface area contributed by atoms with E-state index >= 15 is 0 Å². The Morgan fingerprint density at radius 1 is 1.28 bits per heavy atom. The maximum absolute atomic E-state index is 13.1. The Bertz CT molecular complexity index is 681. The normalized spacial score (nSPS) is 13.1. The maximum atomic E-state index is 13.1. The predicted octanol–water partition coefficient (Wildman–Crippen LogP) is 2.60. The molecule has 1 heterocycles. The van der Waals surface area contributed by atoms with Crippen LogP contribution in [0.5, 0.6) is 0 Å². The van der Waals surface area contributed by atoms with Crippen LogP contribution in [0.2, 0.25) is 0 Å². The second-order valence-electron chi connectivity index (χ2n) is 6.02. The monoisotopic (exact) mass is 363 g/mol. The summed E-state index contributed by atoms with van der Waals surface area (Å²) in [6, 6.07) is 6.76. The van der Waals surface area contributed by atoms with Crippen LogP contribution in [0.3, 0.4) is 0 Å². The molecule has 0 aliphatic carbocycles. The van der Waals surface area contributed by atoms with Crippen LogP contribution in [0.25, 0.3) is 0 Å². The molecule has 0 aliphatic heterocycles. The Morgan fingerprint density at radius 2 is 2.00 bits per heavy atom. The van der Waals surface area contributed by atoms with Gasteiger partial charge < -0.3 is 15.5 Å². The second kappa shape index (κ2) is 9.48. The van der Waals surface area contributed by atoms with Crippen LogP contribution in [0, 0.1) is 12.7 Å². The van der Waals surface area contributed by atoms with Gasteiger partial charge in [0, 0.05) is 31.9 Å². The van der Waals surface area contributed by atoms with Crippen molar-refractivity contribution >= 4 is 17.3 Å². The smallest absolute Gasteiger partial charge is 0.191 e. The molecule has 2 aromatic rings. The van der Waals surface area contributed by atoms with Crippen molar-refractivity contribution in [2.45, 2.75) is 19.4 Å². The SMILES string of the molecule is CN=C(NCCc1csc(C)n1)NCC(c1ccc(F)cc1)N(C)C. The summed E-state index contributed by atoms with van der Waals surface area (Å²) in [5.74, 6) is 0.532. The van der Waals surface area contributed by atoms with Crippen LogP contribution < -0.4 is 10.6 Å². The van der Waals surface area contributed by atoms with Crippen LogP contribution in [-0.2, 0) is 6.42 Å². The predicted molar refractivity (Wildman–Crippen MR) is 103 cm³/mol. The largest absolute Gasteiger partial charge is 0.356 e. The fourth-order valence-electron chi connectivity index (χ4n) is 2.53. The van der Waals surface area contributed by atoms with Crippen molar-refractivity contribution in [1.82, 2.24) is 20.5 Å². The van der Waals surface area contributed by atoms with E-state index in [2.05, 4.69) is 30.9 Å². The highest BCUT2D eigenvalue weighted by molar-refractivity contribution is 7.09. The van der Waals surface area contributed by atoms with Crippen LogP contribution in [0.4, 0.5) is 4.39 Å². The van der Waals surface area contributed by atoms with E-state index in [1.807, 2.05) is 33.2 Å². The molecule has 1 aromatic heterocycles. The lowest BCUT2D eigenvalue weighted by Crippen LogP contribution is -2.42. The molecule has 5 nitrogen and oxygen atoms in total. The lowest BCUT2D eigenvalue weighted by Gasteiger charge is -2.26.